The Kier molecular flexibility index (Phi) is 8.17. The summed E-state index contributed by atoms with van der Waals surface area (Å²) in [6, 6.07) is 26.3. The van der Waals surface area contributed by atoms with Crippen molar-refractivity contribution in [2.24, 2.45) is 7.05 Å². The van der Waals surface area contributed by atoms with Gasteiger partial charge in [-0.1, -0.05) is 54.6 Å². The Labute approximate surface area is 272 Å². The zero-order valence-electron chi connectivity index (χ0n) is 25.9. The third kappa shape index (κ3) is 5.71. The summed E-state index contributed by atoms with van der Waals surface area (Å²) < 4.78 is 8.73. The molecule has 4 heterocycles. The highest BCUT2D eigenvalue weighted by Crippen LogP contribution is 2.41. The maximum Gasteiger partial charge on any atom is 0.272 e. The number of ether oxygens (including phenoxy) is 1. The number of nitrogens with one attached hydrogen (secondary N) is 1. The van der Waals surface area contributed by atoms with E-state index >= 15 is 0 Å². The fraction of sp³-hybridized carbons (Fsp3) is 0.189. The Hall–Kier alpha value is -5.12. The molecule has 1 aliphatic heterocycles. The molecule has 0 unspecified atom stereocenters. The van der Waals surface area contributed by atoms with Gasteiger partial charge in [-0.2, -0.15) is 0 Å². The third-order valence-corrected chi connectivity index (χ3v) is 9.78. The minimum Gasteiger partial charge on any atom is -0.495 e. The fourth-order valence-corrected chi connectivity index (χ4v) is 7.31. The first-order valence-electron chi connectivity index (χ1n) is 15.4. The highest BCUT2D eigenvalue weighted by Gasteiger charge is 2.19. The number of aromatic nitrogens is 2. The number of nitrogen functional groups attached to an aromatic ring is 1. The van der Waals surface area contributed by atoms with Gasteiger partial charge in [0, 0.05) is 83.8 Å². The van der Waals surface area contributed by atoms with E-state index in [4.69, 9.17) is 10.5 Å². The fourth-order valence-electron chi connectivity index (χ4n) is 6.23. The van der Waals surface area contributed by atoms with Gasteiger partial charge < -0.3 is 25.3 Å². The van der Waals surface area contributed by atoms with Crippen LogP contribution in [0.15, 0.2) is 96.5 Å². The second-order valence-electron chi connectivity index (χ2n) is 11.5. The van der Waals surface area contributed by atoms with Crippen molar-refractivity contribution >= 4 is 61.5 Å². The average molecular weight is 629 g/mol. The zero-order valence-corrected chi connectivity index (χ0v) is 26.8. The molecule has 1 amide bonds. The number of fused-ring (bicyclic) bond motifs is 2. The lowest BCUT2D eigenvalue weighted by molar-refractivity contribution is 0.101. The van der Waals surface area contributed by atoms with Crippen molar-refractivity contribution in [1.82, 2.24) is 14.5 Å². The molecule has 6 aromatic rings. The summed E-state index contributed by atoms with van der Waals surface area (Å²) in [5, 5.41) is 7.10. The molecule has 1 aliphatic rings. The number of nitrogens with two attached hydrogens (primary N) is 1. The van der Waals surface area contributed by atoms with Crippen LogP contribution in [0.1, 0.15) is 16.1 Å². The quantitative estimate of drug-likeness (QED) is 0.186. The van der Waals surface area contributed by atoms with Crippen LogP contribution in [0.25, 0.3) is 38.2 Å². The van der Waals surface area contributed by atoms with Gasteiger partial charge in [0.25, 0.3) is 5.91 Å². The summed E-state index contributed by atoms with van der Waals surface area (Å²) in [5.41, 5.74) is 12.9. The smallest absolute Gasteiger partial charge is 0.272 e. The predicted octanol–water partition coefficient (Wildman–Crippen LogP) is 7.13. The Balaban J connectivity index is 1.07. The van der Waals surface area contributed by atoms with E-state index in [9.17, 15) is 4.79 Å². The molecule has 9 heteroatoms. The second-order valence-corrected chi connectivity index (χ2v) is 12.4. The Morgan fingerprint density at radius 3 is 2.59 bits per heavy atom. The van der Waals surface area contributed by atoms with E-state index in [-0.39, 0.29) is 5.91 Å². The molecule has 0 aliphatic carbocycles. The summed E-state index contributed by atoms with van der Waals surface area (Å²) in [6.07, 6.45) is 6.24. The second kappa shape index (κ2) is 12.7. The number of hydrogen-bond donors (Lipinski definition) is 2. The number of carbonyl (C=O) groups is 1. The maximum atomic E-state index is 13.3. The normalized spacial score (nSPS) is 14.0. The Morgan fingerprint density at radius 1 is 1.02 bits per heavy atom. The number of benzene rings is 3. The molecule has 7 rings (SSSR count). The van der Waals surface area contributed by atoms with E-state index in [1.165, 1.54) is 5.69 Å². The van der Waals surface area contributed by atoms with Crippen LogP contribution in [0.4, 0.5) is 17.2 Å². The standard InChI is InChI=1S/C37H36N6O2S/c1-41-31-13-7-6-9-26(31)21-32(41)37(44)40-30-15-14-25(22-33(30)45-2)29-24-46-35-27(23-39-36(38)34(29)35)10-8-16-42-17-19-43(20-18-42)28-11-4-3-5-12-28/h3-15,21-24H,16-20H2,1-2H3,(H2,38,39)(H,40,44). The minimum absolute atomic E-state index is 0.200. The molecule has 0 radical (unpaired) electrons. The molecule has 0 saturated carbocycles. The first-order chi connectivity index (χ1) is 22.5. The van der Waals surface area contributed by atoms with Crippen LogP contribution >= 0.6 is 11.3 Å². The highest BCUT2D eigenvalue weighted by molar-refractivity contribution is 7.18. The number of anilines is 3. The van der Waals surface area contributed by atoms with Crippen LogP contribution < -0.4 is 20.7 Å². The van der Waals surface area contributed by atoms with Gasteiger partial charge in [0.2, 0.25) is 0 Å². The number of carbonyl (C=O) groups excluding carboxylic acids is 1. The van der Waals surface area contributed by atoms with E-state index in [1.807, 2.05) is 66.3 Å². The van der Waals surface area contributed by atoms with Crippen LogP contribution in [-0.2, 0) is 7.05 Å². The number of hydrogen-bond acceptors (Lipinski definition) is 7. The number of rotatable bonds is 8. The van der Waals surface area contributed by atoms with E-state index < -0.39 is 0 Å². The van der Waals surface area contributed by atoms with E-state index in [0.29, 0.717) is 22.9 Å². The number of nitrogens with zero attached hydrogens (tertiary/aromatic N) is 4. The molecule has 3 N–H and O–H groups in total. The molecule has 46 heavy (non-hydrogen) atoms. The van der Waals surface area contributed by atoms with Crippen LogP contribution in [0, 0.1) is 0 Å². The summed E-state index contributed by atoms with van der Waals surface area (Å²) in [5.74, 6) is 0.861. The summed E-state index contributed by atoms with van der Waals surface area (Å²) in [6.45, 7) is 4.98. The number of thiophene rings is 1. The van der Waals surface area contributed by atoms with E-state index in [2.05, 4.69) is 68.0 Å². The Morgan fingerprint density at radius 2 is 1.80 bits per heavy atom. The van der Waals surface area contributed by atoms with Crippen LogP contribution in [0.3, 0.4) is 0 Å². The molecule has 232 valence electrons. The molecule has 3 aromatic carbocycles. The zero-order chi connectivity index (χ0) is 31.6. The molecule has 1 saturated heterocycles. The first kappa shape index (κ1) is 29.6. The van der Waals surface area contributed by atoms with Crippen LogP contribution in [0.5, 0.6) is 5.75 Å². The van der Waals surface area contributed by atoms with Gasteiger partial charge in [0.15, 0.2) is 0 Å². The number of pyridine rings is 1. The third-order valence-electron chi connectivity index (χ3n) is 8.75. The molecular weight excluding hydrogens is 593 g/mol. The number of amides is 1. The topological polar surface area (TPSA) is 88.7 Å². The van der Waals surface area contributed by atoms with Crippen LogP contribution in [0.2, 0.25) is 0 Å². The van der Waals surface area contributed by atoms with Crippen molar-refractivity contribution in [1.29, 1.82) is 0 Å². The lowest BCUT2D eigenvalue weighted by Crippen LogP contribution is -2.46. The van der Waals surface area contributed by atoms with Gasteiger partial charge in [-0.05, 0) is 47.3 Å². The van der Waals surface area contributed by atoms with Gasteiger partial charge in [-0.15, -0.1) is 11.3 Å². The first-order valence-corrected chi connectivity index (χ1v) is 16.3. The predicted molar refractivity (Wildman–Crippen MR) is 191 cm³/mol. The van der Waals surface area contributed by atoms with Gasteiger partial charge >= 0.3 is 0 Å². The van der Waals surface area contributed by atoms with Crippen molar-refractivity contribution in [2.75, 3.05) is 55.8 Å². The summed E-state index contributed by atoms with van der Waals surface area (Å²) in [4.78, 5) is 22.8. The van der Waals surface area contributed by atoms with Crippen LogP contribution in [-0.4, -0.2) is 60.2 Å². The van der Waals surface area contributed by atoms with E-state index in [0.717, 1.165) is 70.4 Å². The summed E-state index contributed by atoms with van der Waals surface area (Å²) in [7, 11) is 3.51. The molecule has 8 nitrogen and oxygen atoms in total. The van der Waals surface area contributed by atoms with E-state index in [1.54, 1.807) is 18.4 Å². The van der Waals surface area contributed by atoms with Crippen molar-refractivity contribution < 1.29 is 9.53 Å². The monoisotopic (exact) mass is 628 g/mol. The lowest BCUT2D eigenvalue weighted by Gasteiger charge is -2.35. The minimum atomic E-state index is -0.200. The molecule has 3 aromatic heterocycles. The van der Waals surface area contributed by atoms with Gasteiger partial charge in [0.1, 0.15) is 17.3 Å². The SMILES string of the molecule is COc1cc(-c2csc3c(C=CCN4CCN(c5ccccc5)CC4)cnc(N)c23)ccc1NC(=O)c1cc2ccccc2n1C. The average Bonchev–Trinajstić information content (AvgIpc) is 3.69. The lowest BCUT2D eigenvalue weighted by atomic mass is 10.0. The maximum absolute atomic E-state index is 13.3. The molecular formula is C37H36N6O2S. The number of methoxy groups -OCH3 is 1. The molecule has 1 fully saturated rings. The number of aryl methyl sites for hydroxylation is 1. The molecule has 0 bridgehead atoms. The van der Waals surface area contributed by atoms with Gasteiger partial charge in [-0.25, -0.2) is 4.98 Å². The Bertz CT molecular complexity index is 2060. The number of piperazine rings is 1. The molecule has 0 spiro atoms. The van der Waals surface area contributed by atoms with Crippen molar-refractivity contribution in [3.05, 3.63) is 108 Å². The van der Waals surface area contributed by atoms with Crippen molar-refractivity contribution in [3.63, 3.8) is 0 Å². The van der Waals surface area contributed by atoms with Crippen molar-refractivity contribution in [3.8, 4) is 16.9 Å². The largest absolute Gasteiger partial charge is 0.495 e. The van der Waals surface area contributed by atoms with Gasteiger partial charge in [0.05, 0.1) is 12.8 Å². The highest BCUT2D eigenvalue weighted by atomic mass is 32.1. The molecule has 0 atom stereocenters. The summed E-state index contributed by atoms with van der Waals surface area (Å²) >= 11 is 1.66. The van der Waals surface area contributed by atoms with Crippen molar-refractivity contribution in [2.45, 2.75) is 0 Å². The number of para-hydroxylation sites is 2. The van der Waals surface area contributed by atoms with Gasteiger partial charge in [-0.3, -0.25) is 9.69 Å².